The molecule has 3 aliphatic rings. The maximum absolute atomic E-state index is 10.5. The summed E-state index contributed by atoms with van der Waals surface area (Å²) >= 11 is 0. The topological polar surface area (TPSA) is 29.5 Å². The molecule has 1 heterocycles. The third-order valence-electron chi connectivity index (χ3n) is 6.18. The molecule has 1 N–H and O–H groups in total. The van der Waals surface area contributed by atoms with E-state index in [1.165, 1.54) is 44.1 Å². The molecular weight excluding hydrogens is 260 g/mol. The van der Waals surface area contributed by atoms with Crippen molar-refractivity contribution in [3.05, 3.63) is 23.3 Å². The van der Waals surface area contributed by atoms with E-state index in [2.05, 4.69) is 19.9 Å². The number of benzene rings is 1. The normalized spacial score (nSPS) is 35.6. The Morgan fingerprint density at radius 2 is 2.19 bits per heavy atom. The highest BCUT2D eigenvalue weighted by atomic mass is 16.5. The van der Waals surface area contributed by atoms with E-state index in [-0.39, 0.29) is 5.60 Å². The highest BCUT2D eigenvalue weighted by molar-refractivity contribution is 5.53. The van der Waals surface area contributed by atoms with E-state index in [1.54, 1.807) is 0 Å². The summed E-state index contributed by atoms with van der Waals surface area (Å²) in [5.74, 6) is 3.47. The largest absolute Gasteiger partial charge is 0.508 e. The number of ether oxygens (including phenoxy) is 1. The lowest BCUT2D eigenvalue weighted by molar-refractivity contribution is -0.0401. The highest BCUT2D eigenvalue weighted by Gasteiger charge is 2.61. The smallest absolute Gasteiger partial charge is 0.127 e. The standard InChI is InChI=1S/C19H26O2/c1-3-4-5-6-12-9-15(20)17-14-11-13-7-8-19(2,18(13)14)21-16(17)10-12/h9-10,13-14,18,20H,3-8,11H2,1-2H3/t13?,14-,18-,19-/m1/s1. The molecule has 0 amide bonds. The molecule has 2 saturated carbocycles. The first-order valence-electron chi connectivity index (χ1n) is 8.67. The van der Waals surface area contributed by atoms with Gasteiger partial charge in [0, 0.05) is 11.5 Å². The van der Waals surface area contributed by atoms with E-state index in [9.17, 15) is 5.11 Å². The van der Waals surface area contributed by atoms with Crippen LogP contribution < -0.4 is 4.74 Å². The average molecular weight is 286 g/mol. The summed E-state index contributed by atoms with van der Waals surface area (Å²) in [6.45, 7) is 4.51. The Kier molecular flexibility index (Phi) is 2.99. The van der Waals surface area contributed by atoms with Gasteiger partial charge in [-0.1, -0.05) is 19.8 Å². The Morgan fingerprint density at radius 3 is 3.00 bits per heavy atom. The fraction of sp³-hybridized carbons (Fsp3) is 0.684. The van der Waals surface area contributed by atoms with Gasteiger partial charge in [-0.3, -0.25) is 0 Å². The number of phenolic OH excluding ortho intramolecular Hbond substituents is 1. The van der Waals surface area contributed by atoms with Gasteiger partial charge in [0.1, 0.15) is 17.1 Å². The minimum atomic E-state index is 0.0229. The van der Waals surface area contributed by atoms with Crippen molar-refractivity contribution in [2.75, 3.05) is 0 Å². The molecule has 0 saturated heterocycles. The van der Waals surface area contributed by atoms with Crippen molar-refractivity contribution >= 4 is 0 Å². The lowest BCUT2D eigenvalue weighted by atomic mass is 9.59. The molecule has 0 radical (unpaired) electrons. The van der Waals surface area contributed by atoms with Crippen LogP contribution in [0.1, 0.15) is 69.4 Å². The summed E-state index contributed by atoms with van der Waals surface area (Å²) in [4.78, 5) is 0. The second-order valence-corrected chi connectivity index (χ2v) is 7.57. The van der Waals surface area contributed by atoms with Crippen LogP contribution in [0.15, 0.2) is 12.1 Å². The number of hydrogen-bond donors (Lipinski definition) is 1. The molecule has 1 aromatic rings. The van der Waals surface area contributed by atoms with Crippen molar-refractivity contribution in [1.82, 2.24) is 0 Å². The third kappa shape index (κ3) is 1.91. The van der Waals surface area contributed by atoms with E-state index in [1.807, 2.05) is 6.07 Å². The van der Waals surface area contributed by atoms with Gasteiger partial charge >= 0.3 is 0 Å². The molecule has 0 bridgehead atoms. The van der Waals surface area contributed by atoms with Crippen LogP contribution in [0.25, 0.3) is 0 Å². The van der Waals surface area contributed by atoms with Gasteiger partial charge < -0.3 is 9.84 Å². The monoisotopic (exact) mass is 286 g/mol. The Balaban J connectivity index is 1.66. The maximum Gasteiger partial charge on any atom is 0.127 e. The molecule has 2 aliphatic carbocycles. The fourth-order valence-corrected chi connectivity index (χ4v) is 5.13. The minimum Gasteiger partial charge on any atom is -0.508 e. The van der Waals surface area contributed by atoms with Crippen molar-refractivity contribution in [1.29, 1.82) is 0 Å². The van der Waals surface area contributed by atoms with Crippen LogP contribution in [0, 0.1) is 11.8 Å². The van der Waals surface area contributed by atoms with Crippen LogP contribution in [-0.2, 0) is 6.42 Å². The first kappa shape index (κ1) is 13.5. The van der Waals surface area contributed by atoms with E-state index in [4.69, 9.17) is 4.74 Å². The molecule has 0 aromatic heterocycles. The van der Waals surface area contributed by atoms with E-state index in [0.717, 1.165) is 23.7 Å². The maximum atomic E-state index is 10.5. The van der Waals surface area contributed by atoms with Crippen LogP contribution in [0.5, 0.6) is 11.5 Å². The molecule has 1 unspecified atom stereocenters. The molecule has 4 atom stereocenters. The Morgan fingerprint density at radius 1 is 1.33 bits per heavy atom. The number of fused-ring (bicyclic) bond motifs is 2. The molecule has 0 spiro atoms. The molecule has 1 aromatic carbocycles. The minimum absolute atomic E-state index is 0.0229. The number of phenols is 1. The van der Waals surface area contributed by atoms with Gasteiger partial charge in [-0.25, -0.2) is 0 Å². The summed E-state index contributed by atoms with van der Waals surface area (Å²) in [6, 6.07) is 4.20. The first-order chi connectivity index (χ1) is 10.1. The van der Waals surface area contributed by atoms with E-state index in [0.29, 0.717) is 17.6 Å². The van der Waals surface area contributed by atoms with Crippen LogP contribution in [0.4, 0.5) is 0 Å². The van der Waals surface area contributed by atoms with E-state index >= 15 is 0 Å². The summed E-state index contributed by atoms with van der Waals surface area (Å²) in [5.41, 5.74) is 2.36. The second-order valence-electron chi connectivity index (χ2n) is 7.57. The predicted octanol–water partition coefficient (Wildman–Crippen LogP) is 4.79. The highest BCUT2D eigenvalue weighted by Crippen LogP contribution is 2.66. The number of aryl methyl sites for hydroxylation is 1. The van der Waals surface area contributed by atoms with Gasteiger partial charge in [-0.15, -0.1) is 0 Å². The zero-order chi connectivity index (χ0) is 14.6. The second kappa shape index (κ2) is 4.66. The lowest BCUT2D eigenvalue weighted by Gasteiger charge is -2.52. The summed E-state index contributed by atoms with van der Waals surface area (Å²) in [5, 5.41) is 10.5. The van der Waals surface area contributed by atoms with Crippen molar-refractivity contribution in [3.8, 4) is 11.5 Å². The lowest BCUT2D eigenvalue weighted by Crippen LogP contribution is -2.50. The molecule has 1 aliphatic heterocycles. The third-order valence-corrected chi connectivity index (χ3v) is 6.18. The van der Waals surface area contributed by atoms with Crippen molar-refractivity contribution in [2.24, 2.45) is 11.8 Å². The van der Waals surface area contributed by atoms with E-state index < -0.39 is 0 Å². The zero-order valence-electron chi connectivity index (χ0n) is 13.2. The zero-order valence-corrected chi connectivity index (χ0v) is 13.2. The van der Waals surface area contributed by atoms with Crippen LogP contribution in [-0.4, -0.2) is 10.7 Å². The van der Waals surface area contributed by atoms with Gasteiger partial charge in [0.2, 0.25) is 0 Å². The SMILES string of the molecule is CCCCCc1cc(O)c2c(c1)O[C@]1(C)CCC3C[C@H]2[C@@H]31. The molecule has 2 heteroatoms. The fourth-order valence-electron chi connectivity index (χ4n) is 5.13. The van der Waals surface area contributed by atoms with Gasteiger partial charge in [-0.05, 0) is 68.6 Å². The van der Waals surface area contributed by atoms with Crippen LogP contribution >= 0.6 is 0 Å². The summed E-state index contributed by atoms with van der Waals surface area (Å²) in [6.07, 6.45) is 8.46. The number of rotatable bonds is 4. The first-order valence-corrected chi connectivity index (χ1v) is 8.67. The predicted molar refractivity (Wildman–Crippen MR) is 83.9 cm³/mol. The summed E-state index contributed by atoms with van der Waals surface area (Å²) in [7, 11) is 0. The van der Waals surface area contributed by atoms with Gasteiger partial charge in [0.05, 0.1) is 0 Å². The van der Waals surface area contributed by atoms with Crippen molar-refractivity contribution in [2.45, 2.75) is 70.3 Å². The van der Waals surface area contributed by atoms with Gasteiger partial charge in [-0.2, -0.15) is 0 Å². The Hall–Kier alpha value is -1.18. The number of hydrogen-bond acceptors (Lipinski definition) is 2. The average Bonchev–Trinajstić information content (AvgIpc) is 2.68. The van der Waals surface area contributed by atoms with Crippen LogP contribution in [0.2, 0.25) is 0 Å². The molecule has 4 rings (SSSR count). The molecular formula is C19H26O2. The van der Waals surface area contributed by atoms with Gasteiger partial charge in [0.25, 0.3) is 0 Å². The molecule has 21 heavy (non-hydrogen) atoms. The van der Waals surface area contributed by atoms with Crippen LogP contribution in [0.3, 0.4) is 0 Å². The Labute approximate surface area is 127 Å². The molecule has 2 fully saturated rings. The molecule has 2 nitrogen and oxygen atoms in total. The quantitative estimate of drug-likeness (QED) is 0.806. The van der Waals surface area contributed by atoms with Crippen molar-refractivity contribution in [3.63, 3.8) is 0 Å². The number of unbranched alkanes of at least 4 members (excludes halogenated alkanes) is 2. The van der Waals surface area contributed by atoms with Gasteiger partial charge in [0.15, 0.2) is 0 Å². The number of aromatic hydroxyl groups is 1. The summed E-state index contributed by atoms with van der Waals surface area (Å²) < 4.78 is 6.41. The molecule has 114 valence electrons. The van der Waals surface area contributed by atoms with Crippen molar-refractivity contribution < 1.29 is 9.84 Å². The Bertz CT molecular complexity index is 565.